The number of nitrogens with one attached hydrogen (secondary N) is 2. The van der Waals surface area contributed by atoms with E-state index in [1.54, 1.807) is 12.1 Å². The van der Waals surface area contributed by atoms with E-state index in [0.717, 1.165) is 51.3 Å². The van der Waals surface area contributed by atoms with Crippen LogP contribution in [0, 0.1) is 5.92 Å². The highest BCUT2D eigenvalue weighted by Gasteiger charge is 2.37. The van der Waals surface area contributed by atoms with Crippen molar-refractivity contribution >= 4 is 23.4 Å². The molecular formula is C19H26ClN3O3. The zero-order valence-corrected chi connectivity index (χ0v) is 15.6. The van der Waals surface area contributed by atoms with Gasteiger partial charge in [-0.1, -0.05) is 23.7 Å². The molecule has 1 saturated heterocycles. The molecule has 1 atom stereocenters. The molecule has 1 aromatic rings. The van der Waals surface area contributed by atoms with Crippen LogP contribution in [0.3, 0.4) is 0 Å². The molecule has 2 aliphatic rings. The zero-order valence-electron chi connectivity index (χ0n) is 14.9. The Labute approximate surface area is 159 Å². The van der Waals surface area contributed by atoms with E-state index in [-0.39, 0.29) is 24.3 Å². The fourth-order valence-corrected chi connectivity index (χ4v) is 3.38. The molecule has 1 aliphatic heterocycles. The highest BCUT2D eigenvalue weighted by Crippen LogP contribution is 2.42. The van der Waals surface area contributed by atoms with E-state index < -0.39 is 0 Å². The Morgan fingerprint density at radius 2 is 1.85 bits per heavy atom. The molecule has 1 heterocycles. The molecule has 0 aromatic heterocycles. The Morgan fingerprint density at radius 1 is 1.15 bits per heavy atom. The van der Waals surface area contributed by atoms with Gasteiger partial charge in [0.05, 0.1) is 25.7 Å². The molecule has 1 saturated carbocycles. The van der Waals surface area contributed by atoms with Crippen LogP contribution in [0.1, 0.15) is 24.3 Å². The second-order valence-electron chi connectivity index (χ2n) is 6.89. The van der Waals surface area contributed by atoms with Crippen molar-refractivity contribution in [3.05, 3.63) is 34.9 Å². The summed E-state index contributed by atoms with van der Waals surface area (Å²) in [5, 5.41) is 6.31. The second-order valence-corrected chi connectivity index (χ2v) is 7.32. The summed E-state index contributed by atoms with van der Waals surface area (Å²) in [7, 11) is 0. The summed E-state index contributed by atoms with van der Waals surface area (Å²) in [5.74, 6) is -0.0793. The van der Waals surface area contributed by atoms with E-state index in [1.807, 2.05) is 12.1 Å². The van der Waals surface area contributed by atoms with Gasteiger partial charge in [0.1, 0.15) is 0 Å². The van der Waals surface area contributed by atoms with Gasteiger partial charge in [-0.3, -0.25) is 14.5 Å². The minimum Gasteiger partial charge on any atom is -0.379 e. The first-order chi connectivity index (χ1) is 12.6. The topological polar surface area (TPSA) is 70.7 Å². The van der Waals surface area contributed by atoms with E-state index in [0.29, 0.717) is 17.5 Å². The van der Waals surface area contributed by atoms with E-state index in [4.69, 9.17) is 16.3 Å². The highest BCUT2D eigenvalue weighted by molar-refractivity contribution is 6.30. The van der Waals surface area contributed by atoms with Crippen LogP contribution in [0.2, 0.25) is 5.02 Å². The third-order valence-corrected chi connectivity index (χ3v) is 5.13. The van der Waals surface area contributed by atoms with Crippen LogP contribution in [0.4, 0.5) is 0 Å². The summed E-state index contributed by atoms with van der Waals surface area (Å²) in [4.78, 5) is 26.8. The van der Waals surface area contributed by atoms with Crippen molar-refractivity contribution in [3.63, 3.8) is 0 Å². The maximum atomic E-state index is 12.6. The van der Waals surface area contributed by atoms with E-state index >= 15 is 0 Å². The molecule has 2 N–H and O–H groups in total. The average Bonchev–Trinajstić information content (AvgIpc) is 3.48. The van der Waals surface area contributed by atoms with E-state index in [1.165, 1.54) is 0 Å². The second kappa shape index (κ2) is 9.35. The molecule has 1 unspecified atom stereocenters. The van der Waals surface area contributed by atoms with Crippen molar-refractivity contribution in [2.75, 3.05) is 45.9 Å². The number of nitrogens with zero attached hydrogens (tertiary/aromatic N) is 1. The summed E-state index contributed by atoms with van der Waals surface area (Å²) >= 11 is 5.93. The SMILES string of the molecule is O=C(CNC(=O)C(c1ccc(Cl)cc1)C1CC1)NCCN1CCOCC1. The fraction of sp³-hybridized carbons (Fsp3) is 0.579. The molecule has 7 heteroatoms. The van der Waals surface area contributed by atoms with Crippen LogP contribution < -0.4 is 10.6 Å². The number of morpholine rings is 1. The largest absolute Gasteiger partial charge is 0.379 e. The van der Waals surface area contributed by atoms with Crippen LogP contribution in [-0.2, 0) is 14.3 Å². The lowest BCUT2D eigenvalue weighted by molar-refractivity contribution is -0.127. The first kappa shape index (κ1) is 19.1. The Morgan fingerprint density at radius 3 is 2.50 bits per heavy atom. The standard InChI is InChI=1S/C19H26ClN3O3/c20-16-5-3-15(4-6-16)18(14-1-2-14)19(25)22-13-17(24)21-7-8-23-9-11-26-12-10-23/h3-6,14,18H,1-2,7-13H2,(H,21,24)(H,22,25). The normalized spacial score (nSPS) is 19.0. The summed E-state index contributed by atoms with van der Waals surface area (Å²) in [6.07, 6.45) is 2.10. The van der Waals surface area contributed by atoms with Gasteiger partial charge in [-0.05, 0) is 36.5 Å². The van der Waals surface area contributed by atoms with E-state index in [2.05, 4.69) is 15.5 Å². The maximum absolute atomic E-state index is 12.6. The van der Waals surface area contributed by atoms with Gasteiger partial charge < -0.3 is 15.4 Å². The Bertz CT molecular complexity index is 613. The smallest absolute Gasteiger partial charge is 0.239 e. The molecule has 142 valence electrons. The first-order valence-electron chi connectivity index (χ1n) is 9.23. The molecule has 0 bridgehead atoms. The number of rotatable bonds is 8. The molecule has 6 nitrogen and oxygen atoms in total. The molecule has 1 aliphatic carbocycles. The Hall–Kier alpha value is -1.63. The Balaban J connectivity index is 1.41. The van der Waals surface area contributed by atoms with Gasteiger partial charge in [-0.2, -0.15) is 0 Å². The minimum atomic E-state index is -0.201. The number of benzene rings is 1. The van der Waals surface area contributed by atoms with Gasteiger partial charge in [0.15, 0.2) is 0 Å². The molecule has 3 rings (SSSR count). The molecule has 0 spiro atoms. The van der Waals surface area contributed by atoms with Crippen molar-refractivity contribution in [3.8, 4) is 0 Å². The lowest BCUT2D eigenvalue weighted by Gasteiger charge is -2.26. The number of carbonyl (C=O) groups is 2. The lowest BCUT2D eigenvalue weighted by atomic mass is 9.93. The van der Waals surface area contributed by atoms with Crippen LogP contribution in [0.25, 0.3) is 0 Å². The molecule has 0 radical (unpaired) electrons. The van der Waals surface area contributed by atoms with E-state index in [9.17, 15) is 9.59 Å². The number of carbonyl (C=O) groups excluding carboxylic acids is 2. The van der Waals surface area contributed by atoms with Crippen molar-refractivity contribution in [1.29, 1.82) is 0 Å². The third-order valence-electron chi connectivity index (χ3n) is 4.88. The number of ether oxygens (including phenoxy) is 1. The maximum Gasteiger partial charge on any atom is 0.239 e. The minimum absolute atomic E-state index is 0.0127. The van der Waals surface area contributed by atoms with Gasteiger partial charge >= 0.3 is 0 Å². The molecule has 2 fully saturated rings. The van der Waals surface area contributed by atoms with Crippen molar-refractivity contribution in [1.82, 2.24) is 15.5 Å². The van der Waals surface area contributed by atoms with Gasteiger partial charge in [0, 0.05) is 31.2 Å². The van der Waals surface area contributed by atoms with Crippen molar-refractivity contribution in [2.45, 2.75) is 18.8 Å². The molecule has 2 amide bonds. The third kappa shape index (κ3) is 5.69. The van der Waals surface area contributed by atoms with Gasteiger partial charge in [-0.15, -0.1) is 0 Å². The monoisotopic (exact) mass is 379 g/mol. The fourth-order valence-electron chi connectivity index (χ4n) is 3.26. The molecule has 1 aromatic carbocycles. The predicted octanol–water partition coefficient (Wildman–Crippen LogP) is 1.40. The van der Waals surface area contributed by atoms with Crippen LogP contribution in [0.5, 0.6) is 0 Å². The summed E-state index contributed by atoms with van der Waals surface area (Å²) in [6.45, 7) is 4.69. The number of amides is 2. The average molecular weight is 380 g/mol. The number of hydrogen-bond donors (Lipinski definition) is 2. The summed E-state index contributed by atoms with van der Waals surface area (Å²) < 4.78 is 5.30. The summed E-state index contributed by atoms with van der Waals surface area (Å²) in [5.41, 5.74) is 0.960. The van der Waals surface area contributed by atoms with Gasteiger partial charge in [0.2, 0.25) is 11.8 Å². The zero-order chi connectivity index (χ0) is 18.4. The number of halogens is 1. The quantitative estimate of drug-likeness (QED) is 0.716. The molecule has 26 heavy (non-hydrogen) atoms. The molecular weight excluding hydrogens is 354 g/mol. The Kier molecular flexibility index (Phi) is 6.88. The number of hydrogen-bond acceptors (Lipinski definition) is 4. The summed E-state index contributed by atoms with van der Waals surface area (Å²) in [6, 6.07) is 7.40. The van der Waals surface area contributed by atoms with Crippen LogP contribution in [-0.4, -0.2) is 62.7 Å². The van der Waals surface area contributed by atoms with Crippen molar-refractivity contribution in [2.24, 2.45) is 5.92 Å². The lowest BCUT2D eigenvalue weighted by Crippen LogP contribution is -2.44. The van der Waals surface area contributed by atoms with Gasteiger partial charge in [-0.25, -0.2) is 0 Å². The first-order valence-corrected chi connectivity index (χ1v) is 9.61. The van der Waals surface area contributed by atoms with Crippen molar-refractivity contribution < 1.29 is 14.3 Å². The van der Waals surface area contributed by atoms with Gasteiger partial charge in [0.25, 0.3) is 0 Å². The van der Waals surface area contributed by atoms with Crippen LogP contribution >= 0.6 is 11.6 Å². The van der Waals surface area contributed by atoms with Crippen LogP contribution in [0.15, 0.2) is 24.3 Å². The predicted molar refractivity (Wildman–Crippen MR) is 100 cm³/mol. The highest BCUT2D eigenvalue weighted by atomic mass is 35.5.